The first-order valence-corrected chi connectivity index (χ1v) is 7.13. The molecule has 0 bridgehead atoms. The van der Waals surface area contributed by atoms with Gasteiger partial charge in [0.25, 0.3) is 0 Å². The summed E-state index contributed by atoms with van der Waals surface area (Å²) in [6, 6.07) is 0. The number of halogens is 3. The van der Waals surface area contributed by atoms with Crippen LogP contribution in [0.1, 0.15) is 15.2 Å². The standard InChI is InChI=1S/C9H10F3NO4S2/c1-5-3-18-6(8(14)15)7(5)19(16,17)13(2)4-9(10,11)12/h3H,4H2,1-2H3,(H,14,15). The molecular formula is C9H10F3NO4S2. The van der Waals surface area contributed by atoms with E-state index >= 15 is 0 Å². The minimum atomic E-state index is -4.70. The van der Waals surface area contributed by atoms with E-state index in [2.05, 4.69) is 0 Å². The molecule has 0 saturated heterocycles. The molecule has 0 fully saturated rings. The number of thiophene rings is 1. The lowest BCUT2D eigenvalue weighted by molar-refractivity contribution is -0.134. The van der Waals surface area contributed by atoms with Gasteiger partial charge in [0.05, 0.1) is 0 Å². The van der Waals surface area contributed by atoms with E-state index in [0.29, 0.717) is 11.3 Å². The minimum absolute atomic E-state index is 0.0918. The molecule has 0 radical (unpaired) electrons. The van der Waals surface area contributed by atoms with Crippen LogP contribution in [-0.2, 0) is 10.0 Å². The van der Waals surface area contributed by atoms with Crippen LogP contribution < -0.4 is 0 Å². The fourth-order valence-corrected chi connectivity index (χ4v) is 4.13. The van der Waals surface area contributed by atoms with Gasteiger partial charge in [0.1, 0.15) is 16.3 Å². The predicted octanol–water partition coefficient (Wildman–Crippen LogP) is 1.94. The zero-order chi connectivity index (χ0) is 15.0. The largest absolute Gasteiger partial charge is 0.477 e. The molecule has 0 aliphatic rings. The molecule has 1 heterocycles. The fourth-order valence-electron chi connectivity index (χ4n) is 1.39. The summed E-state index contributed by atoms with van der Waals surface area (Å²) in [6.45, 7) is -0.346. The van der Waals surface area contributed by atoms with Gasteiger partial charge in [-0.05, 0) is 17.9 Å². The first-order chi connectivity index (χ1) is 8.47. The van der Waals surface area contributed by atoms with Crippen LogP contribution in [0.15, 0.2) is 10.3 Å². The fraction of sp³-hybridized carbons (Fsp3) is 0.444. The van der Waals surface area contributed by atoms with Gasteiger partial charge < -0.3 is 5.11 Å². The van der Waals surface area contributed by atoms with Crippen LogP contribution in [0.3, 0.4) is 0 Å². The van der Waals surface area contributed by atoms with E-state index in [-0.39, 0.29) is 9.87 Å². The molecule has 108 valence electrons. The number of rotatable bonds is 4. The molecule has 0 atom stereocenters. The quantitative estimate of drug-likeness (QED) is 0.921. The maximum Gasteiger partial charge on any atom is 0.402 e. The van der Waals surface area contributed by atoms with Crippen molar-refractivity contribution in [1.82, 2.24) is 4.31 Å². The Morgan fingerprint density at radius 3 is 2.42 bits per heavy atom. The summed E-state index contributed by atoms with van der Waals surface area (Å²) in [5.74, 6) is -1.49. The van der Waals surface area contributed by atoms with Crippen LogP contribution in [0.5, 0.6) is 0 Å². The Kier molecular flexibility index (Phi) is 4.27. The number of carboxylic acids is 1. The van der Waals surface area contributed by atoms with Crippen LogP contribution in [-0.4, -0.2) is 43.6 Å². The Hall–Kier alpha value is -1.13. The monoisotopic (exact) mass is 317 g/mol. The number of nitrogens with zero attached hydrogens (tertiary/aromatic N) is 1. The van der Waals surface area contributed by atoms with E-state index < -0.39 is 38.5 Å². The summed E-state index contributed by atoms with van der Waals surface area (Å²) < 4.78 is 60.7. The molecule has 1 N–H and O–H groups in total. The average Bonchev–Trinajstić information content (AvgIpc) is 2.57. The molecule has 0 saturated carbocycles. The molecule has 0 aromatic carbocycles. The van der Waals surface area contributed by atoms with Gasteiger partial charge >= 0.3 is 12.1 Å². The molecule has 0 amide bonds. The Morgan fingerprint density at radius 2 is 2.00 bits per heavy atom. The first-order valence-electron chi connectivity index (χ1n) is 4.81. The van der Waals surface area contributed by atoms with E-state index in [1.165, 1.54) is 12.3 Å². The second-order valence-electron chi connectivity index (χ2n) is 3.76. The van der Waals surface area contributed by atoms with E-state index in [0.717, 1.165) is 7.05 Å². The van der Waals surface area contributed by atoms with Crippen LogP contribution in [0.4, 0.5) is 13.2 Å². The molecule has 1 aromatic rings. The van der Waals surface area contributed by atoms with Crippen LogP contribution in [0.2, 0.25) is 0 Å². The molecule has 0 aliphatic carbocycles. The molecule has 0 unspecified atom stereocenters. The van der Waals surface area contributed by atoms with Crippen LogP contribution >= 0.6 is 11.3 Å². The van der Waals surface area contributed by atoms with Gasteiger partial charge in [-0.2, -0.15) is 17.5 Å². The number of hydrogen-bond donors (Lipinski definition) is 1. The van der Waals surface area contributed by atoms with Crippen LogP contribution in [0.25, 0.3) is 0 Å². The van der Waals surface area contributed by atoms with E-state index in [1.807, 2.05) is 0 Å². The molecule has 19 heavy (non-hydrogen) atoms. The number of hydrogen-bond acceptors (Lipinski definition) is 4. The number of alkyl halides is 3. The van der Waals surface area contributed by atoms with Crippen molar-refractivity contribution in [3.8, 4) is 0 Å². The Morgan fingerprint density at radius 1 is 1.47 bits per heavy atom. The number of aryl methyl sites for hydroxylation is 1. The molecule has 0 spiro atoms. The lowest BCUT2D eigenvalue weighted by Crippen LogP contribution is -2.36. The summed E-state index contributed by atoms with van der Waals surface area (Å²) in [6.07, 6.45) is -4.70. The number of carbonyl (C=O) groups is 1. The summed E-state index contributed by atoms with van der Waals surface area (Å²) in [5.41, 5.74) is 0.108. The van der Waals surface area contributed by atoms with Crippen molar-refractivity contribution in [2.75, 3.05) is 13.6 Å². The Bertz CT molecular complexity index is 591. The zero-order valence-corrected chi connectivity index (χ0v) is 11.5. The second kappa shape index (κ2) is 5.10. The van der Waals surface area contributed by atoms with Crippen molar-refractivity contribution in [3.63, 3.8) is 0 Å². The van der Waals surface area contributed by atoms with Gasteiger partial charge in [0.2, 0.25) is 10.0 Å². The van der Waals surface area contributed by atoms with Crippen molar-refractivity contribution >= 4 is 27.3 Å². The van der Waals surface area contributed by atoms with Crippen LogP contribution in [0, 0.1) is 6.92 Å². The van der Waals surface area contributed by atoms with Crippen molar-refractivity contribution in [2.45, 2.75) is 18.0 Å². The highest BCUT2D eigenvalue weighted by Gasteiger charge is 2.37. The van der Waals surface area contributed by atoms with Crippen molar-refractivity contribution in [3.05, 3.63) is 15.8 Å². The minimum Gasteiger partial charge on any atom is -0.477 e. The summed E-state index contributed by atoms with van der Waals surface area (Å²) >= 11 is 0.660. The average molecular weight is 317 g/mol. The van der Waals surface area contributed by atoms with Gasteiger partial charge in [-0.1, -0.05) is 0 Å². The summed E-state index contributed by atoms with van der Waals surface area (Å²) in [5, 5.41) is 10.1. The maximum absolute atomic E-state index is 12.2. The molecule has 10 heteroatoms. The number of carboxylic acid groups (broad SMARTS) is 1. The zero-order valence-electron chi connectivity index (χ0n) is 9.85. The van der Waals surface area contributed by atoms with Crippen molar-refractivity contribution in [1.29, 1.82) is 0 Å². The highest BCUT2D eigenvalue weighted by molar-refractivity contribution is 7.89. The van der Waals surface area contributed by atoms with E-state index in [4.69, 9.17) is 5.11 Å². The highest BCUT2D eigenvalue weighted by atomic mass is 32.2. The normalized spacial score (nSPS) is 12.9. The lowest BCUT2D eigenvalue weighted by Gasteiger charge is -2.19. The van der Waals surface area contributed by atoms with Crippen molar-refractivity contribution < 1.29 is 31.5 Å². The molecule has 5 nitrogen and oxygen atoms in total. The van der Waals surface area contributed by atoms with E-state index in [1.54, 1.807) is 0 Å². The van der Waals surface area contributed by atoms with Crippen molar-refractivity contribution in [2.24, 2.45) is 0 Å². The Balaban J connectivity index is 3.28. The summed E-state index contributed by atoms with van der Waals surface area (Å²) in [4.78, 5) is 9.81. The third kappa shape index (κ3) is 3.45. The third-order valence-corrected chi connectivity index (χ3v) is 5.39. The van der Waals surface area contributed by atoms with Gasteiger partial charge in [-0.15, -0.1) is 11.3 Å². The predicted molar refractivity (Wildman–Crippen MR) is 61.9 cm³/mol. The molecule has 1 rings (SSSR count). The smallest absolute Gasteiger partial charge is 0.402 e. The Labute approximate surface area is 111 Å². The third-order valence-electron chi connectivity index (χ3n) is 2.18. The summed E-state index contributed by atoms with van der Waals surface area (Å²) in [7, 11) is -3.74. The van der Waals surface area contributed by atoms with Gasteiger partial charge in [0, 0.05) is 7.05 Å². The first kappa shape index (κ1) is 15.9. The molecule has 0 aliphatic heterocycles. The molecule has 1 aromatic heterocycles. The number of sulfonamides is 1. The topological polar surface area (TPSA) is 74.7 Å². The van der Waals surface area contributed by atoms with Gasteiger partial charge in [-0.25, -0.2) is 13.2 Å². The maximum atomic E-state index is 12.2. The highest BCUT2D eigenvalue weighted by Crippen LogP contribution is 2.30. The SMILES string of the molecule is Cc1csc(C(=O)O)c1S(=O)(=O)N(C)CC(F)(F)F. The lowest BCUT2D eigenvalue weighted by atomic mass is 10.3. The molecular weight excluding hydrogens is 307 g/mol. The van der Waals surface area contributed by atoms with Gasteiger partial charge in [0.15, 0.2) is 0 Å². The van der Waals surface area contributed by atoms with Gasteiger partial charge in [-0.3, -0.25) is 0 Å². The number of aromatic carboxylic acids is 1. The second-order valence-corrected chi connectivity index (χ2v) is 6.62. The van der Waals surface area contributed by atoms with E-state index in [9.17, 15) is 26.4 Å².